The number of nitrogens with two attached hydrogens (primary N) is 1. The fraction of sp³-hybridized carbons (Fsp3) is 0.538. The van der Waals surface area contributed by atoms with E-state index >= 15 is 0 Å². The summed E-state index contributed by atoms with van der Waals surface area (Å²) < 4.78 is 5.24. The molecular weight excluding hydrogens is 466 g/mol. The Morgan fingerprint density at radius 3 is 2.83 bits per heavy atom. The van der Waals surface area contributed by atoms with Gasteiger partial charge in [0.05, 0.1) is 23.0 Å². The number of aromatic nitrogens is 1. The maximum Gasteiger partial charge on any atom is 0.409 e. The molecule has 2 atom stereocenters. The van der Waals surface area contributed by atoms with Crippen molar-refractivity contribution in [3.05, 3.63) is 40.0 Å². The second-order valence-electron chi connectivity index (χ2n) is 9.66. The quantitative estimate of drug-likeness (QED) is 0.451. The third kappa shape index (κ3) is 5.53. The maximum atomic E-state index is 13.4. The molecule has 2 heterocycles. The summed E-state index contributed by atoms with van der Waals surface area (Å²) in [7, 11) is 0. The highest BCUT2D eigenvalue weighted by Crippen LogP contribution is 2.36. The van der Waals surface area contributed by atoms with Crippen molar-refractivity contribution >= 4 is 40.3 Å². The normalized spacial score (nSPS) is 20.0. The summed E-state index contributed by atoms with van der Waals surface area (Å²) in [6, 6.07) is 5.42. The highest BCUT2D eigenvalue weighted by Gasteiger charge is 2.31. The molecule has 1 aliphatic carbocycles. The summed E-state index contributed by atoms with van der Waals surface area (Å²) >= 11 is 6.78. The lowest BCUT2D eigenvalue weighted by Gasteiger charge is -2.39. The molecule has 0 spiro atoms. The molecular formula is C26H34ClN5O3. The van der Waals surface area contributed by atoms with Gasteiger partial charge in [-0.1, -0.05) is 24.6 Å². The molecule has 2 amide bonds. The Kier molecular flexibility index (Phi) is 7.79. The molecule has 1 fully saturated rings. The molecule has 1 unspecified atom stereocenters. The molecule has 9 heteroatoms. The van der Waals surface area contributed by atoms with Crippen molar-refractivity contribution in [3.8, 4) is 0 Å². The molecule has 1 saturated heterocycles. The summed E-state index contributed by atoms with van der Waals surface area (Å²) in [5.41, 5.74) is 8.92. The molecule has 8 nitrogen and oxygen atoms in total. The number of hydrogen-bond donors (Lipinski definition) is 2. The average Bonchev–Trinajstić information content (AvgIpc) is 2.85. The van der Waals surface area contributed by atoms with Crippen LogP contribution in [0, 0.1) is 11.3 Å². The predicted molar refractivity (Wildman–Crippen MR) is 137 cm³/mol. The van der Waals surface area contributed by atoms with E-state index in [2.05, 4.69) is 0 Å². The molecule has 2 aromatic rings. The Morgan fingerprint density at radius 2 is 2.11 bits per heavy atom. The first kappa shape index (κ1) is 25.2. The van der Waals surface area contributed by atoms with Gasteiger partial charge >= 0.3 is 6.09 Å². The van der Waals surface area contributed by atoms with E-state index in [1.165, 1.54) is 0 Å². The number of ether oxygens (including phenoxy) is 1. The molecule has 3 N–H and O–H groups in total. The van der Waals surface area contributed by atoms with E-state index in [4.69, 9.17) is 32.5 Å². The van der Waals surface area contributed by atoms with Crippen LogP contribution in [0.1, 0.15) is 61.1 Å². The number of amidine groups is 1. The van der Waals surface area contributed by atoms with Gasteiger partial charge in [0.2, 0.25) is 0 Å². The lowest BCUT2D eigenvalue weighted by Crippen LogP contribution is -2.55. The van der Waals surface area contributed by atoms with Crippen LogP contribution in [0.25, 0.3) is 10.9 Å². The van der Waals surface area contributed by atoms with E-state index in [-0.39, 0.29) is 23.9 Å². The first-order chi connectivity index (χ1) is 16.8. The van der Waals surface area contributed by atoms with Crippen LogP contribution in [0.4, 0.5) is 4.79 Å². The summed E-state index contributed by atoms with van der Waals surface area (Å²) in [5, 5.41) is 9.09. The number of carbonyl (C=O) groups is 2. The van der Waals surface area contributed by atoms with Crippen LogP contribution in [0.15, 0.2) is 18.2 Å². The van der Waals surface area contributed by atoms with E-state index < -0.39 is 0 Å². The van der Waals surface area contributed by atoms with Gasteiger partial charge in [0.1, 0.15) is 0 Å². The Morgan fingerprint density at radius 1 is 1.31 bits per heavy atom. The standard InChI is InChI=1S/C26H34ClN5O3/c1-3-12-35-26(34)31-10-11-32(16(2)15-31)25(33)18-6-8-20-22(14-18)30-21-13-17(5-9-23(28)29)4-7-19(21)24(20)27/h6,8,14,16-17H,3-5,7,9-13,15H2,1-2H3,(H3,28,29)/t16-,17?/m0/s1. The molecule has 1 aliphatic heterocycles. The Balaban J connectivity index is 1.51. The largest absolute Gasteiger partial charge is 0.449 e. The summed E-state index contributed by atoms with van der Waals surface area (Å²) in [5.74, 6) is 0.575. The number of benzene rings is 1. The Bertz CT molecular complexity index is 1140. The van der Waals surface area contributed by atoms with E-state index in [1.807, 2.05) is 36.9 Å². The van der Waals surface area contributed by atoms with E-state index in [0.29, 0.717) is 44.1 Å². The van der Waals surface area contributed by atoms with Crippen molar-refractivity contribution in [1.82, 2.24) is 14.8 Å². The van der Waals surface area contributed by atoms with Crippen LogP contribution in [0.3, 0.4) is 0 Å². The lowest BCUT2D eigenvalue weighted by molar-refractivity contribution is 0.0414. The average molecular weight is 500 g/mol. The van der Waals surface area contributed by atoms with Crippen molar-refractivity contribution in [2.24, 2.45) is 11.7 Å². The van der Waals surface area contributed by atoms with E-state index in [9.17, 15) is 9.59 Å². The molecule has 0 radical (unpaired) electrons. The molecule has 0 saturated carbocycles. The molecule has 1 aromatic carbocycles. The number of nitrogens with zero attached hydrogens (tertiary/aromatic N) is 3. The van der Waals surface area contributed by atoms with Gasteiger partial charge in [-0.05, 0) is 62.6 Å². The number of rotatable bonds is 6. The van der Waals surface area contributed by atoms with Crippen molar-refractivity contribution in [2.75, 3.05) is 26.2 Å². The predicted octanol–water partition coefficient (Wildman–Crippen LogP) is 4.40. The highest BCUT2D eigenvalue weighted by molar-refractivity contribution is 6.36. The number of carbonyl (C=O) groups excluding carboxylic acids is 2. The van der Waals surface area contributed by atoms with Gasteiger partial charge in [-0.3, -0.25) is 15.2 Å². The minimum Gasteiger partial charge on any atom is -0.449 e. The fourth-order valence-electron chi connectivity index (χ4n) is 5.07. The van der Waals surface area contributed by atoms with Crippen LogP contribution in [-0.2, 0) is 17.6 Å². The maximum absolute atomic E-state index is 13.4. The van der Waals surface area contributed by atoms with Crippen molar-refractivity contribution in [2.45, 2.75) is 58.4 Å². The van der Waals surface area contributed by atoms with Crippen molar-refractivity contribution in [3.63, 3.8) is 0 Å². The van der Waals surface area contributed by atoms with Gasteiger partial charge in [-0.2, -0.15) is 0 Å². The third-order valence-corrected chi connectivity index (χ3v) is 7.46. The first-order valence-electron chi connectivity index (χ1n) is 12.4. The van der Waals surface area contributed by atoms with Gasteiger partial charge in [0.25, 0.3) is 5.91 Å². The van der Waals surface area contributed by atoms with Crippen molar-refractivity contribution in [1.29, 1.82) is 5.41 Å². The molecule has 188 valence electrons. The topological polar surface area (TPSA) is 113 Å². The van der Waals surface area contributed by atoms with Crippen LogP contribution >= 0.6 is 11.6 Å². The lowest BCUT2D eigenvalue weighted by atomic mass is 9.83. The summed E-state index contributed by atoms with van der Waals surface area (Å²) in [4.78, 5) is 34.0. The zero-order chi connectivity index (χ0) is 25.1. The number of nitrogens with one attached hydrogen (secondary N) is 1. The minimum absolute atomic E-state index is 0.0732. The zero-order valence-electron chi connectivity index (χ0n) is 20.5. The SMILES string of the molecule is CCCOC(=O)N1CCN(C(=O)c2ccc3c(Cl)c4c(nc3c2)CC(CCC(=N)N)CC4)[C@@H](C)C1. The second-order valence-corrected chi connectivity index (χ2v) is 10.0. The van der Waals surface area contributed by atoms with Gasteiger partial charge in [0.15, 0.2) is 0 Å². The van der Waals surface area contributed by atoms with Gasteiger partial charge < -0.3 is 20.3 Å². The van der Waals surface area contributed by atoms with Gasteiger partial charge in [0, 0.05) is 48.7 Å². The molecule has 35 heavy (non-hydrogen) atoms. The number of halogens is 1. The number of hydrogen-bond acceptors (Lipinski definition) is 5. The minimum atomic E-state index is -0.318. The summed E-state index contributed by atoms with van der Waals surface area (Å²) in [6.45, 7) is 5.66. The zero-order valence-corrected chi connectivity index (χ0v) is 21.2. The Labute approximate surface area is 211 Å². The number of amides is 2. The van der Waals surface area contributed by atoms with Gasteiger partial charge in [-0.15, -0.1) is 0 Å². The molecule has 4 rings (SSSR count). The van der Waals surface area contributed by atoms with Crippen LogP contribution < -0.4 is 5.73 Å². The van der Waals surface area contributed by atoms with Crippen LogP contribution in [-0.4, -0.2) is 64.9 Å². The highest BCUT2D eigenvalue weighted by atomic mass is 35.5. The van der Waals surface area contributed by atoms with E-state index in [0.717, 1.165) is 59.3 Å². The first-order valence-corrected chi connectivity index (χ1v) is 12.8. The second kappa shape index (κ2) is 10.8. The monoisotopic (exact) mass is 499 g/mol. The van der Waals surface area contributed by atoms with E-state index in [1.54, 1.807) is 4.90 Å². The molecule has 0 bridgehead atoms. The third-order valence-electron chi connectivity index (χ3n) is 7.03. The van der Waals surface area contributed by atoms with Crippen molar-refractivity contribution < 1.29 is 14.3 Å². The smallest absolute Gasteiger partial charge is 0.409 e. The Hall–Kier alpha value is -2.87. The van der Waals surface area contributed by atoms with Gasteiger partial charge in [-0.25, -0.2) is 4.79 Å². The number of fused-ring (bicyclic) bond motifs is 2. The summed E-state index contributed by atoms with van der Waals surface area (Å²) in [6.07, 6.45) is 4.62. The van der Waals surface area contributed by atoms with Crippen LogP contribution in [0.5, 0.6) is 0 Å². The molecule has 1 aromatic heterocycles. The van der Waals surface area contributed by atoms with Crippen LogP contribution in [0.2, 0.25) is 5.02 Å². The number of pyridine rings is 1. The fourth-order valence-corrected chi connectivity index (χ4v) is 5.43. The number of piperazine rings is 1. The molecule has 2 aliphatic rings.